The molecule has 1 heterocycles. The van der Waals surface area contributed by atoms with E-state index in [-0.39, 0.29) is 11.6 Å². The topological polar surface area (TPSA) is 39.9 Å². The number of nitrogens with zero attached hydrogens (tertiary/aromatic N) is 3. The van der Waals surface area contributed by atoms with E-state index in [1.54, 1.807) is 17.8 Å². The molecule has 0 saturated heterocycles. The van der Waals surface area contributed by atoms with E-state index in [0.717, 1.165) is 10.9 Å². The van der Waals surface area contributed by atoms with E-state index in [0.29, 0.717) is 18.1 Å². The van der Waals surface area contributed by atoms with Crippen molar-refractivity contribution in [2.45, 2.75) is 24.1 Å². The summed E-state index contributed by atoms with van der Waals surface area (Å²) in [5, 5.41) is 12.1. The van der Waals surface area contributed by atoms with E-state index < -0.39 is 5.82 Å². The summed E-state index contributed by atoms with van der Waals surface area (Å²) in [6.45, 7) is 4.55. The lowest BCUT2D eigenvalue weighted by molar-refractivity contribution is 0.289. The zero-order valence-corrected chi connectivity index (χ0v) is 17.7. The number of aromatic nitrogens is 3. The quantitative estimate of drug-likeness (QED) is 0.239. The number of thioether (sulfide) groups is 1. The number of halogens is 2. The van der Waals surface area contributed by atoms with Gasteiger partial charge in [-0.2, -0.15) is 0 Å². The van der Waals surface area contributed by atoms with Crippen LogP contribution in [0.15, 0.2) is 78.5 Å². The lowest BCUT2D eigenvalue weighted by atomic mass is 10.1. The van der Waals surface area contributed by atoms with E-state index in [2.05, 4.69) is 47.1 Å². The number of ether oxygens (including phenoxy) is 1. The minimum absolute atomic E-state index is 0.168. The molecule has 0 aliphatic heterocycles. The Labute approximate surface area is 183 Å². The van der Waals surface area contributed by atoms with Crippen LogP contribution < -0.4 is 4.74 Å². The van der Waals surface area contributed by atoms with Crippen LogP contribution in [0.4, 0.5) is 4.39 Å². The van der Waals surface area contributed by atoms with E-state index in [1.807, 2.05) is 16.7 Å². The second-order valence-electron chi connectivity index (χ2n) is 6.59. The van der Waals surface area contributed by atoms with Crippen LogP contribution in [0.2, 0.25) is 5.02 Å². The van der Waals surface area contributed by atoms with Crippen LogP contribution >= 0.6 is 23.4 Å². The molecule has 4 nitrogen and oxygen atoms in total. The molecule has 0 aliphatic rings. The highest BCUT2D eigenvalue weighted by Crippen LogP contribution is 2.28. The summed E-state index contributed by atoms with van der Waals surface area (Å²) >= 11 is 7.65. The predicted octanol–water partition coefficient (Wildman–Crippen LogP) is 6.28. The molecule has 0 aliphatic carbocycles. The highest BCUT2D eigenvalue weighted by atomic mass is 35.5. The summed E-state index contributed by atoms with van der Waals surface area (Å²) in [5.41, 5.74) is 1.24. The molecule has 0 atom stereocenters. The summed E-state index contributed by atoms with van der Waals surface area (Å²) < 4.78 is 20.9. The number of hydrogen-bond acceptors (Lipinski definition) is 4. The predicted molar refractivity (Wildman–Crippen MR) is 119 cm³/mol. The molecular weight excluding hydrogens is 421 g/mol. The number of fused-ring (bicyclic) bond motifs is 1. The Kier molecular flexibility index (Phi) is 6.35. The average Bonchev–Trinajstić information content (AvgIpc) is 3.13. The van der Waals surface area contributed by atoms with Crippen molar-refractivity contribution in [2.24, 2.45) is 0 Å². The minimum Gasteiger partial charge on any atom is -0.484 e. The van der Waals surface area contributed by atoms with Gasteiger partial charge in [-0.1, -0.05) is 71.9 Å². The van der Waals surface area contributed by atoms with Crippen molar-refractivity contribution in [3.8, 4) is 5.75 Å². The Balaban J connectivity index is 1.51. The Morgan fingerprint density at radius 1 is 1.10 bits per heavy atom. The second-order valence-corrected chi connectivity index (χ2v) is 7.94. The van der Waals surface area contributed by atoms with E-state index in [4.69, 9.17) is 16.3 Å². The largest absolute Gasteiger partial charge is 0.484 e. The third-order valence-electron chi connectivity index (χ3n) is 4.59. The van der Waals surface area contributed by atoms with Crippen LogP contribution in [-0.2, 0) is 18.9 Å². The smallest absolute Gasteiger partial charge is 0.191 e. The van der Waals surface area contributed by atoms with Gasteiger partial charge in [0, 0.05) is 12.3 Å². The number of rotatable bonds is 8. The van der Waals surface area contributed by atoms with Crippen molar-refractivity contribution in [3.63, 3.8) is 0 Å². The zero-order chi connectivity index (χ0) is 20.9. The number of allylic oxidation sites excluding steroid dienone is 1. The van der Waals surface area contributed by atoms with Gasteiger partial charge in [0.05, 0.1) is 5.02 Å². The fourth-order valence-corrected chi connectivity index (χ4v) is 4.33. The van der Waals surface area contributed by atoms with Gasteiger partial charge in [-0.15, -0.1) is 16.8 Å². The third-order valence-corrected chi connectivity index (χ3v) is 5.90. The fourth-order valence-electron chi connectivity index (χ4n) is 3.14. The highest BCUT2D eigenvalue weighted by molar-refractivity contribution is 7.98. The van der Waals surface area contributed by atoms with E-state index in [9.17, 15) is 4.39 Å². The summed E-state index contributed by atoms with van der Waals surface area (Å²) in [5.74, 6) is 1.41. The Morgan fingerprint density at radius 2 is 1.93 bits per heavy atom. The molecule has 152 valence electrons. The van der Waals surface area contributed by atoms with Crippen molar-refractivity contribution in [2.75, 3.05) is 0 Å². The molecule has 0 fully saturated rings. The summed E-state index contributed by atoms with van der Waals surface area (Å²) in [4.78, 5) is 0. The molecule has 0 N–H and O–H groups in total. The molecule has 0 saturated carbocycles. The lowest BCUT2D eigenvalue weighted by Crippen LogP contribution is -2.07. The standard InChI is InChI=1S/C23H19ClFN3OS/c1-2-12-28-22(14-29-21-11-10-18(25)13-20(21)24)26-27-23(28)30-15-17-8-5-7-16-6-3-4-9-19(16)17/h2-11,13H,1,12,14-15H2. The zero-order valence-electron chi connectivity index (χ0n) is 16.1. The maximum atomic E-state index is 13.2. The fraction of sp³-hybridized carbons (Fsp3) is 0.130. The molecule has 0 spiro atoms. The van der Waals surface area contributed by atoms with E-state index in [1.165, 1.54) is 34.5 Å². The van der Waals surface area contributed by atoms with Gasteiger partial charge in [0.15, 0.2) is 11.0 Å². The van der Waals surface area contributed by atoms with Gasteiger partial charge < -0.3 is 4.74 Å². The number of hydrogen-bond donors (Lipinski definition) is 0. The average molecular weight is 440 g/mol. The van der Waals surface area contributed by atoms with Crippen molar-refractivity contribution >= 4 is 34.1 Å². The second kappa shape index (κ2) is 9.32. The Bertz CT molecular complexity index is 1190. The first-order valence-corrected chi connectivity index (χ1v) is 10.7. The highest BCUT2D eigenvalue weighted by Gasteiger charge is 2.14. The first-order valence-electron chi connectivity index (χ1n) is 9.36. The van der Waals surface area contributed by atoms with Crippen molar-refractivity contribution in [1.82, 2.24) is 14.8 Å². The summed E-state index contributed by atoms with van der Waals surface area (Å²) in [6, 6.07) is 18.7. The van der Waals surface area contributed by atoms with Gasteiger partial charge in [-0.3, -0.25) is 4.57 Å². The summed E-state index contributed by atoms with van der Waals surface area (Å²) in [7, 11) is 0. The maximum absolute atomic E-state index is 13.2. The van der Waals surface area contributed by atoms with Crippen molar-refractivity contribution in [1.29, 1.82) is 0 Å². The Morgan fingerprint density at radius 3 is 2.77 bits per heavy atom. The maximum Gasteiger partial charge on any atom is 0.191 e. The van der Waals surface area contributed by atoms with Gasteiger partial charge >= 0.3 is 0 Å². The van der Waals surface area contributed by atoms with Crippen LogP contribution in [0.5, 0.6) is 5.75 Å². The molecule has 4 aromatic rings. The van der Waals surface area contributed by atoms with Crippen LogP contribution in [0.25, 0.3) is 10.8 Å². The normalized spacial score (nSPS) is 11.0. The van der Waals surface area contributed by atoms with Gasteiger partial charge in [0.25, 0.3) is 0 Å². The van der Waals surface area contributed by atoms with Gasteiger partial charge in [-0.05, 0) is 34.5 Å². The van der Waals surface area contributed by atoms with Gasteiger partial charge in [0.1, 0.15) is 18.2 Å². The van der Waals surface area contributed by atoms with Crippen molar-refractivity contribution in [3.05, 3.63) is 95.5 Å². The third kappa shape index (κ3) is 4.50. The molecule has 0 bridgehead atoms. The molecule has 0 radical (unpaired) electrons. The first-order chi connectivity index (χ1) is 14.7. The molecule has 7 heteroatoms. The molecule has 4 rings (SSSR count). The van der Waals surface area contributed by atoms with Crippen LogP contribution in [0, 0.1) is 5.82 Å². The molecular formula is C23H19ClFN3OS. The van der Waals surface area contributed by atoms with Crippen LogP contribution in [0.3, 0.4) is 0 Å². The van der Waals surface area contributed by atoms with Crippen molar-refractivity contribution < 1.29 is 9.13 Å². The molecule has 1 aromatic heterocycles. The van der Waals surface area contributed by atoms with Crippen LogP contribution in [-0.4, -0.2) is 14.8 Å². The SMILES string of the molecule is C=CCn1c(COc2ccc(F)cc2Cl)nnc1SCc1cccc2ccccc12. The number of benzene rings is 3. The van der Waals surface area contributed by atoms with E-state index >= 15 is 0 Å². The van der Waals surface area contributed by atoms with Gasteiger partial charge in [-0.25, -0.2) is 4.39 Å². The lowest BCUT2D eigenvalue weighted by Gasteiger charge is -2.10. The molecule has 0 amide bonds. The Hall–Kier alpha value is -2.83. The van der Waals surface area contributed by atoms with Gasteiger partial charge in [0.2, 0.25) is 0 Å². The summed E-state index contributed by atoms with van der Waals surface area (Å²) in [6.07, 6.45) is 1.79. The molecule has 3 aromatic carbocycles. The monoisotopic (exact) mass is 439 g/mol. The van der Waals surface area contributed by atoms with Crippen LogP contribution in [0.1, 0.15) is 11.4 Å². The first kappa shape index (κ1) is 20.4. The minimum atomic E-state index is -0.408. The molecule has 30 heavy (non-hydrogen) atoms. The molecule has 0 unspecified atom stereocenters.